The van der Waals surface area contributed by atoms with Crippen molar-refractivity contribution >= 4 is 5.91 Å². The topological polar surface area (TPSA) is 42.4 Å². The highest BCUT2D eigenvalue weighted by Crippen LogP contribution is 2.41. The second-order valence-corrected chi connectivity index (χ2v) is 7.95. The van der Waals surface area contributed by atoms with Crippen molar-refractivity contribution in [3.8, 4) is 16.9 Å². The van der Waals surface area contributed by atoms with Gasteiger partial charge >= 0.3 is 0 Å². The first kappa shape index (κ1) is 15.9. The lowest BCUT2D eigenvalue weighted by molar-refractivity contribution is -0.136. The Balaban J connectivity index is 1.30. The molecule has 0 N–H and O–H groups in total. The molecule has 1 amide bonds. The number of rotatable bonds is 2. The molecule has 4 nitrogen and oxygen atoms in total. The number of hydrogen-bond donors (Lipinski definition) is 0. The zero-order valence-electron chi connectivity index (χ0n) is 15.0. The second-order valence-electron chi connectivity index (χ2n) is 7.95. The van der Waals surface area contributed by atoms with Gasteiger partial charge in [-0.25, -0.2) is 0 Å². The Hall–Kier alpha value is -2.36. The van der Waals surface area contributed by atoms with Gasteiger partial charge in [0.15, 0.2) is 0 Å². The quantitative estimate of drug-likeness (QED) is 0.828. The Morgan fingerprint density at radius 1 is 1.12 bits per heavy atom. The number of aryl methyl sites for hydroxylation is 1. The second kappa shape index (κ2) is 6.11. The number of pyridine rings is 1. The molecule has 2 fully saturated rings. The van der Waals surface area contributed by atoms with Crippen LogP contribution in [0.4, 0.5) is 0 Å². The van der Waals surface area contributed by atoms with E-state index in [1.807, 2.05) is 12.3 Å². The molecular weight excluding hydrogens is 324 g/mol. The van der Waals surface area contributed by atoms with Gasteiger partial charge in [-0.2, -0.15) is 0 Å². The van der Waals surface area contributed by atoms with Crippen molar-refractivity contribution in [3.05, 3.63) is 48.3 Å². The zero-order chi connectivity index (χ0) is 17.6. The minimum absolute atomic E-state index is 0.0802. The average Bonchev–Trinajstić information content (AvgIpc) is 3.54. The molecule has 4 heteroatoms. The summed E-state index contributed by atoms with van der Waals surface area (Å²) in [6.07, 6.45) is 9.87. The molecule has 2 aromatic rings. The minimum Gasteiger partial charge on any atom is -0.487 e. The Kier molecular flexibility index (Phi) is 3.73. The van der Waals surface area contributed by atoms with Gasteiger partial charge in [-0.3, -0.25) is 9.78 Å². The summed E-state index contributed by atoms with van der Waals surface area (Å²) in [5.41, 5.74) is 3.54. The number of aromatic nitrogens is 1. The number of ether oxygens (including phenoxy) is 1. The summed E-state index contributed by atoms with van der Waals surface area (Å²) in [4.78, 5) is 18.6. The molecule has 2 aliphatic heterocycles. The van der Waals surface area contributed by atoms with E-state index in [1.54, 1.807) is 6.20 Å². The molecule has 5 rings (SSSR count). The third-order valence-electron chi connectivity index (χ3n) is 6.14. The van der Waals surface area contributed by atoms with Gasteiger partial charge in [0.1, 0.15) is 11.4 Å². The molecule has 1 spiro atoms. The Morgan fingerprint density at radius 2 is 1.96 bits per heavy atom. The normalized spacial score (nSPS) is 21.2. The molecule has 0 radical (unpaired) electrons. The number of likely N-dealkylation sites (tertiary alicyclic amines) is 1. The monoisotopic (exact) mass is 348 g/mol. The lowest BCUT2D eigenvalue weighted by Gasteiger charge is -2.44. The lowest BCUT2D eigenvalue weighted by Crippen LogP contribution is -2.51. The van der Waals surface area contributed by atoms with Crippen LogP contribution in [0.3, 0.4) is 0 Å². The third-order valence-corrected chi connectivity index (χ3v) is 6.14. The van der Waals surface area contributed by atoms with E-state index < -0.39 is 0 Å². The van der Waals surface area contributed by atoms with Gasteiger partial charge in [0.25, 0.3) is 0 Å². The summed E-state index contributed by atoms with van der Waals surface area (Å²) in [7, 11) is 0. The molecule has 1 saturated carbocycles. The average molecular weight is 348 g/mol. The van der Waals surface area contributed by atoms with E-state index in [0.717, 1.165) is 62.9 Å². The summed E-state index contributed by atoms with van der Waals surface area (Å²) < 4.78 is 6.50. The van der Waals surface area contributed by atoms with Crippen molar-refractivity contribution in [2.45, 2.75) is 44.1 Å². The summed E-state index contributed by atoms with van der Waals surface area (Å²) in [5.74, 6) is 1.71. The Morgan fingerprint density at radius 3 is 2.69 bits per heavy atom. The van der Waals surface area contributed by atoms with Crippen LogP contribution in [-0.2, 0) is 11.2 Å². The molecule has 26 heavy (non-hydrogen) atoms. The van der Waals surface area contributed by atoms with E-state index in [1.165, 1.54) is 11.1 Å². The predicted octanol–water partition coefficient (Wildman–Crippen LogP) is 3.84. The van der Waals surface area contributed by atoms with E-state index in [-0.39, 0.29) is 5.60 Å². The zero-order valence-corrected chi connectivity index (χ0v) is 15.0. The maximum atomic E-state index is 12.3. The highest BCUT2D eigenvalue weighted by atomic mass is 16.5. The summed E-state index contributed by atoms with van der Waals surface area (Å²) in [6, 6.07) is 10.5. The van der Waals surface area contributed by atoms with E-state index in [9.17, 15) is 4.79 Å². The predicted molar refractivity (Wildman–Crippen MR) is 99.9 cm³/mol. The molecule has 134 valence electrons. The number of amides is 1. The number of nitrogens with zero attached hydrogens (tertiary/aromatic N) is 2. The maximum Gasteiger partial charge on any atom is 0.225 e. The highest BCUT2D eigenvalue weighted by Gasteiger charge is 2.42. The van der Waals surface area contributed by atoms with Gasteiger partial charge in [-0.1, -0.05) is 12.1 Å². The van der Waals surface area contributed by atoms with Crippen LogP contribution in [0.25, 0.3) is 11.1 Å². The Bertz CT molecular complexity index is 821. The molecule has 3 aliphatic rings. The highest BCUT2D eigenvalue weighted by molar-refractivity contribution is 5.81. The van der Waals surface area contributed by atoms with Gasteiger partial charge in [0.2, 0.25) is 5.91 Å². The molecule has 1 aromatic heterocycles. The van der Waals surface area contributed by atoms with Crippen LogP contribution in [0.1, 0.15) is 37.7 Å². The van der Waals surface area contributed by atoms with Gasteiger partial charge in [-0.15, -0.1) is 0 Å². The molecular formula is C22H24N2O2. The standard InChI is InChI=1S/C22H24N2O2/c25-21(16-3-4-16)24-12-9-22(10-13-24)8-7-18-14-17(5-6-20(18)26-22)19-2-1-11-23-15-19/h1-2,5-6,11,14-16H,3-4,7-10,12-13H2. The number of piperidine rings is 1. The third kappa shape index (κ3) is 2.87. The van der Waals surface area contributed by atoms with E-state index >= 15 is 0 Å². The Labute approximate surface area is 154 Å². The van der Waals surface area contributed by atoms with Crippen LogP contribution in [-0.4, -0.2) is 34.5 Å². The van der Waals surface area contributed by atoms with Gasteiger partial charge < -0.3 is 9.64 Å². The first-order chi connectivity index (χ1) is 12.7. The van der Waals surface area contributed by atoms with Crippen molar-refractivity contribution in [2.75, 3.05) is 13.1 Å². The fourth-order valence-electron chi connectivity index (χ4n) is 4.31. The number of benzene rings is 1. The first-order valence-electron chi connectivity index (χ1n) is 9.74. The van der Waals surface area contributed by atoms with E-state index in [0.29, 0.717) is 11.8 Å². The van der Waals surface area contributed by atoms with Crippen LogP contribution in [0.5, 0.6) is 5.75 Å². The summed E-state index contributed by atoms with van der Waals surface area (Å²) in [5, 5.41) is 0. The largest absolute Gasteiger partial charge is 0.487 e. The van der Waals surface area contributed by atoms with Crippen LogP contribution in [0.15, 0.2) is 42.7 Å². The lowest BCUT2D eigenvalue weighted by atomic mass is 9.82. The van der Waals surface area contributed by atoms with Crippen LogP contribution in [0, 0.1) is 5.92 Å². The summed E-state index contributed by atoms with van der Waals surface area (Å²) >= 11 is 0. The van der Waals surface area contributed by atoms with Crippen molar-refractivity contribution in [3.63, 3.8) is 0 Å². The molecule has 0 atom stereocenters. The number of carbonyl (C=O) groups excluding carboxylic acids is 1. The molecule has 1 aliphatic carbocycles. The molecule has 3 heterocycles. The molecule has 1 saturated heterocycles. The van der Waals surface area contributed by atoms with Crippen LogP contribution in [0.2, 0.25) is 0 Å². The number of hydrogen-bond acceptors (Lipinski definition) is 3. The molecule has 1 aromatic carbocycles. The van der Waals surface area contributed by atoms with Crippen LogP contribution < -0.4 is 4.74 Å². The minimum atomic E-state index is -0.0802. The molecule has 0 bridgehead atoms. The fraction of sp³-hybridized carbons (Fsp3) is 0.455. The van der Waals surface area contributed by atoms with E-state index in [4.69, 9.17) is 4.74 Å². The smallest absolute Gasteiger partial charge is 0.225 e. The SMILES string of the molecule is O=C(C1CC1)N1CCC2(CCc3cc(-c4cccnc4)ccc3O2)CC1. The van der Waals surface area contributed by atoms with Gasteiger partial charge in [-0.05, 0) is 55.0 Å². The van der Waals surface area contributed by atoms with Gasteiger partial charge in [0.05, 0.1) is 0 Å². The first-order valence-corrected chi connectivity index (χ1v) is 9.74. The van der Waals surface area contributed by atoms with Crippen molar-refractivity contribution in [1.29, 1.82) is 0 Å². The van der Waals surface area contributed by atoms with Crippen molar-refractivity contribution in [1.82, 2.24) is 9.88 Å². The van der Waals surface area contributed by atoms with Crippen molar-refractivity contribution < 1.29 is 9.53 Å². The number of carbonyl (C=O) groups is 1. The fourth-order valence-corrected chi connectivity index (χ4v) is 4.31. The van der Waals surface area contributed by atoms with Crippen LogP contribution >= 0.6 is 0 Å². The van der Waals surface area contributed by atoms with E-state index in [2.05, 4.69) is 34.1 Å². The maximum absolute atomic E-state index is 12.3. The summed E-state index contributed by atoms with van der Waals surface area (Å²) in [6.45, 7) is 1.69. The number of fused-ring (bicyclic) bond motifs is 1. The van der Waals surface area contributed by atoms with Crippen molar-refractivity contribution in [2.24, 2.45) is 5.92 Å². The molecule has 0 unspecified atom stereocenters. The van der Waals surface area contributed by atoms with Gasteiger partial charge in [0, 0.05) is 49.8 Å².